The molecule has 1 rings (SSSR count). The zero-order valence-electron chi connectivity index (χ0n) is 11.1. The monoisotopic (exact) mass is 254 g/mol. The van der Waals surface area contributed by atoms with E-state index in [0.717, 1.165) is 0 Å². The molecule has 0 amide bonds. The number of ether oxygens (including phenoxy) is 1. The maximum Gasteiger partial charge on any atom is 0.349 e. The largest absolute Gasteiger partial charge is 0.456 e. The van der Waals surface area contributed by atoms with Crippen molar-refractivity contribution in [3.63, 3.8) is 0 Å². The highest BCUT2D eigenvalue weighted by Gasteiger charge is 2.19. The van der Waals surface area contributed by atoms with Gasteiger partial charge in [-0.3, -0.25) is 0 Å². The second-order valence-electron chi connectivity index (χ2n) is 4.91. The molecular formula is C15H14N2O2. The van der Waals surface area contributed by atoms with Crippen molar-refractivity contribution in [3.8, 4) is 12.1 Å². The molecule has 0 aromatic heterocycles. The van der Waals surface area contributed by atoms with Gasteiger partial charge in [0.2, 0.25) is 0 Å². The minimum Gasteiger partial charge on any atom is -0.456 e. The van der Waals surface area contributed by atoms with E-state index in [-0.39, 0.29) is 5.57 Å². The van der Waals surface area contributed by atoms with Crippen LogP contribution < -0.4 is 0 Å². The third kappa shape index (κ3) is 4.65. The first-order valence-electron chi connectivity index (χ1n) is 5.71. The number of hydrogen-bond acceptors (Lipinski definition) is 4. The summed E-state index contributed by atoms with van der Waals surface area (Å²) in [4.78, 5) is 11.8. The highest BCUT2D eigenvalue weighted by molar-refractivity contribution is 5.98. The maximum atomic E-state index is 11.8. The summed E-state index contributed by atoms with van der Waals surface area (Å²) in [5.74, 6) is -0.653. The molecule has 1 aromatic carbocycles. The first kappa shape index (κ1) is 14.5. The van der Waals surface area contributed by atoms with Crippen LogP contribution in [0.15, 0.2) is 29.8 Å². The van der Waals surface area contributed by atoms with Crippen molar-refractivity contribution in [2.24, 2.45) is 0 Å². The quantitative estimate of drug-likeness (QED) is 0.462. The average molecular weight is 254 g/mol. The fraction of sp³-hybridized carbons (Fsp3) is 0.267. The van der Waals surface area contributed by atoms with Gasteiger partial charge >= 0.3 is 5.97 Å². The molecule has 0 aliphatic rings. The number of carbonyl (C=O) groups excluding carboxylic acids is 1. The molecule has 0 atom stereocenters. The molecule has 4 heteroatoms. The van der Waals surface area contributed by atoms with Crippen LogP contribution >= 0.6 is 0 Å². The standard InChI is InChI=1S/C15H14N2O2/c1-15(2,3)19-14(18)13(10-17)8-11-4-6-12(9-16)7-5-11/h4-8H,1-3H3/b13-8+. The van der Waals surface area contributed by atoms with Gasteiger partial charge in [0.15, 0.2) is 0 Å². The van der Waals surface area contributed by atoms with E-state index in [0.29, 0.717) is 11.1 Å². The zero-order chi connectivity index (χ0) is 14.5. The lowest BCUT2D eigenvalue weighted by atomic mass is 10.1. The normalized spacial score (nSPS) is 11.3. The van der Waals surface area contributed by atoms with Gasteiger partial charge < -0.3 is 4.74 Å². The van der Waals surface area contributed by atoms with Crippen LogP contribution in [0.1, 0.15) is 31.9 Å². The third-order valence-electron chi connectivity index (χ3n) is 2.09. The van der Waals surface area contributed by atoms with E-state index in [1.807, 2.05) is 12.1 Å². The number of rotatable bonds is 2. The molecule has 0 heterocycles. The highest BCUT2D eigenvalue weighted by atomic mass is 16.6. The van der Waals surface area contributed by atoms with Crippen molar-refractivity contribution in [1.29, 1.82) is 10.5 Å². The van der Waals surface area contributed by atoms with Gasteiger partial charge in [-0.05, 0) is 44.5 Å². The lowest BCUT2D eigenvalue weighted by Gasteiger charge is -2.18. The van der Waals surface area contributed by atoms with Crippen LogP contribution in [0.3, 0.4) is 0 Å². The van der Waals surface area contributed by atoms with Gasteiger partial charge in [-0.15, -0.1) is 0 Å². The van der Waals surface area contributed by atoms with Gasteiger partial charge in [0.05, 0.1) is 11.6 Å². The molecule has 0 aliphatic heterocycles. The van der Waals surface area contributed by atoms with Crippen LogP contribution in [0.2, 0.25) is 0 Å². The van der Waals surface area contributed by atoms with Gasteiger partial charge in [0.25, 0.3) is 0 Å². The van der Waals surface area contributed by atoms with Gasteiger partial charge in [-0.1, -0.05) is 12.1 Å². The molecule has 0 aliphatic carbocycles. The van der Waals surface area contributed by atoms with Crippen LogP contribution in [0, 0.1) is 22.7 Å². The van der Waals surface area contributed by atoms with E-state index in [1.54, 1.807) is 45.0 Å². The van der Waals surface area contributed by atoms with Crippen molar-refractivity contribution < 1.29 is 9.53 Å². The molecule has 0 bridgehead atoms. The molecular weight excluding hydrogens is 240 g/mol. The summed E-state index contributed by atoms with van der Waals surface area (Å²) in [6.07, 6.45) is 1.44. The number of hydrogen-bond donors (Lipinski definition) is 0. The first-order chi connectivity index (χ1) is 8.85. The molecule has 96 valence electrons. The Labute approximate surface area is 112 Å². The smallest absolute Gasteiger partial charge is 0.349 e. The number of esters is 1. The minimum atomic E-state index is -0.653. The Morgan fingerprint density at radius 3 is 2.21 bits per heavy atom. The molecule has 0 spiro atoms. The summed E-state index contributed by atoms with van der Waals surface area (Å²) in [6.45, 7) is 5.21. The van der Waals surface area contributed by atoms with E-state index in [4.69, 9.17) is 15.3 Å². The van der Waals surface area contributed by atoms with Crippen LogP contribution in [-0.4, -0.2) is 11.6 Å². The molecule has 0 unspecified atom stereocenters. The molecule has 0 saturated heterocycles. The van der Waals surface area contributed by atoms with Crippen molar-refractivity contribution in [2.45, 2.75) is 26.4 Å². The van der Waals surface area contributed by atoms with Crippen molar-refractivity contribution in [2.75, 3.05) is 0 Å². The summed E-state index contributed by atoms with van der Waals surface area (Å²) in [5, 5.41) is 17.7. The minimum absolute atomic E-state index is 0.0698. The van der Waals surface area contributed by atoms with Gasteiger partial charge in [0.1, 0.15) is 17.2 Å². The Bertz CT molecular complexity index is 579. The first-order valence-corrected chi connectivity index (χ1v) is 5.71. The van der Waals surface area contributed by atoms with Gasteiger partial charge in [-0.25, -0.2) is 4.79 Å². The molecule has 19 heavy (non-hydrogen) atoms. The molecule has 4 nitrogen and oxygen atoms in total. The summed E-state index contributed by atoms with van der Waals surface area (Å²) in [6, 6.07) is 10.4. The predicted molar refractivity (Wildman–Crippen MR) is 70.6 cm³/mol. The van der Waals surface area contributed by atoms with Crippen molar-refractivity contribution in [3.05, 3.63) is 41.0 Å². The van der Waals surface area contributed by atoms with Crippen LogP contribution in [0.25, 0.3) is 6.08 Å². The van der Waals surface area contributed by atoms with E-state index in [9.17, 15) is 4.79 Å². The fourth-order valence-corrected chi connectivity index (χ4v) is 1.29. The summed E-state index contributed by atoms with van der Waals surface area (Å²) in [5.41, 5.74) is 0.478. The Balaban J connectivity index is 2.97. The molecule has 0 radical (unpaired) electrons. The van der Waals surface area contributed by atoms with Crippen molar-refractivity contribution >= 4 is 12.0 Å². The average Bonchev–Trinajstić information content (AvgIpc) is 2.34. The molecule has 1 aromatic rings. The van der Waals surface area contributed by atoms with Gasteiger partial charge in [0, 0.05) is 0 Å². The Kier molecular flexibility index (Phi) is 4.45. The highest BCUT2D eigenvalue weighted by Crippen LogP contribution is 2.14. The van der Waals surface area contributed by atoms with E-state index >= 15 is 0 Å². The number of nitriles is 2. The number of benzene rings is 1. The Morgan fingerprint density at radius 1 is 1.21 bits per heavy atom. The van der Waals surface area contributed by atoms with E-state index < -0.39 is 11.6 Å². The zero-order valence-corrected chi connectivity index (χ0v) is 11.1. The second-order valence-corrected chi connectivity index (χ2v) is 4.91. The lowest BCUT2D eigenvalue weighted by Crippen LogP contribution is -2.24. The Morgan fingerprint density at radius 2 is 1.79 bits per heavy atom. The molecule has 0 N–H and O–H groups in total. The second kappa shape index (κ2) is 5.84. The summed E-state index contributed by atoms with van der Waals surface area (Å²) < 4.78 is 5.13. The molecule has 0 saturated carbocycles. The lowest BCUT2D eigenvalue weighted by molar-refractivity contribution is -0.149. The summed E-state index contributed by atoms with van der Waals surface area (Å²) in [7, 11) is 0. The molecule has 0 fully saturated rings. The fourth-order valence-electron chi connectivity index (χ4n) is 1.29. The predicted octanol–water partition coefficient (Wildman–Crippen LogP) is 2.81. The van der Waals surface area contributed by atoms with Crippen molar-refractivity contribution in [1.82, 2.24) is 0 Å². The van der Waals surface area contributed by atoms with Crippen LogP contribution in [0.5, 0.6) is 0 Å². The van der Waals surface area contributed by atoms with E-state index in [1.165, 1.54) is 6.08 Å². The third-order valence-corrected chi connectivity index (χ3v) is 2.09. The maximum absolute atomic E-state index is 11.8. The number of carbonyl (C=O) groups is 1. The SMILES string of the molecule is CC(C)(C)OC(=O)/C(C#N)=C/c1ccc(C#N)cc1. The Hall–Kier alpha value is -2.59. The van der Waals surface area contributed by atoms with E-state index in [2.05, 4.69) is 0 Å². The summed E-state index contributed by atoms with van der Waals surface area (Å²) >= 11 is 0. The number of nitrogens with zero attached hydrogens (tertiary/aromatic N) is 2. The van der Waals surface area contributed by atoms with Crippen LogP contribution in [-0.2, 0) is 9.53 Å². The van der Waals surface area contributed by atoms with Crippen LogP contribution in [0.4, 0.5) is 0 Å². The topological polar surface area (TPSA) is 73.9 Å². The van der Waals surface area contributed by atoms with Gasteiger partial charge in [-0.2, -0.15) is 10.5 Å².